The van der Waals surface area contributed by atoms with Gasteiger partial charge in [-0.15, -0.1) is 21.5 Å². The number of amides is 1. The van der Waals surface area contributed by atoms with Crippen molar-refractivity contribution in [2.75, 3.05) is 11.9 Å². The first-order valence-corrected chi connectivity index (χ1v) is 8.15. The number of rotatable bonds is 5. The molecule has 0 aliphatic rings. The maximum Gasteiger partial charge on any atom is 0.238 e. The van der Waals surface area contributed by atoms with Crippen molar-refractivity contribution in [2.45, 2.75) is 39.8 Å². The summed E-state index contributed by atoms with van der Waals surface area (Å²) in [5.41, 5.74) is 0.386. The minimum Gasteiger partial charge on any atom is -0.325 e. The van der Waals surface area contributed by atoms with Crippen molar-refractivity contribution in [1.29, 1.82) is 0 Å². The van der Waals surface area contributed by atoms with Gasteiger partial charge in [-0.1, -0.05) is 0 Å². The number of hydrogen-bond acceptors (Lipinski definition) is 5. The lowest BCUT2D eigenvalue weighted by molar-refractivity contribution is -0.118. The van der Waals surface area contributed by atoms with Crippen LogP contribution in [0.5, 0.6) is 0 Å². The van der Waals surface area contributed by atoms with Gasteiger partial charge in [0, 0.05) is 11.2 Å². The molecule has 1 N–H and O–H groups in total. The van der Waals surface area contributed by atoms with E-state index >= 15 is 0 Å². The monoisotopic (exact) mass is 336 g/mol. The largest absolute Gasteiger partial charge is 0.325 e. The Hall–Kier alpha value is -1.86. The number of aryl methyl sites for hydroxylation is 1. The molecule has 0 aliphatic carbocycles. The summed E-state index contributed by atoms with van der Waals surface area (Å²) >= 11 is 1.53. The molecule has 0 fully saturated rings. The zero-order valence-electron chi connectivity index (χ0n) is 13.8. The summed E-state index contributed by atoms with van der Waals surface area (Å²) in [5.74, 6) is -0.473. The highest BCUT2D eigenvalue weighted by atomic mass is 32.1. The lowest BCUT2D eigenvalue weighted by Crippen LogP contribution is -2.45. The Bertz CT molecular complexity index is 663. The van der Waals surface area contributed by atoms with Crippen LogP contribution in [0.4, 0.5) is 10.1 Å². The second kappa shape index (κ2) is 7.14. The zero-order chi connectivity index (χ0) is 17.0. The van der Waals surface area contributed by atoms with E-state index in [2.05, 4.69) is 15.5 Å². The molecule has 5 nitrogen and oxygen atoms in total. The topological polar surface area (TPSA) is 58.1 Å². The zero-order valence-corrected chi connectivity index (χ0v) is 14.6. The minimum absolute atomic E-state index is 0.146. The number of hydrogen-bond donors (Lipinski definition) is 1. The van der Waals surface area contributed by atoms with Crippen molar-refractivity contribution in [1.82, 2.24) is 15.1 Å². The smallest absolute Gasteiger partial charge is 0.238 e. The molecule has 0 spiro atoms. The maximum atomic E-state index is 12.9. The Kier molecular flexibility index (Phi) is 5.43. The average Bonchev–Trinajstić information content (AvgIpc) is 2.85. The Morgan fingerprint density at radius 1 is 1.26 bits per heavy atom. The summed E-state index contributed by atoms with van der Waals surface area (Å²) in [4.78, 5) is 14.3. The van der Waals surface area contributed by atoms with Crippen LogP contribution in [0.3, 0.4) is 0 Å². The first kappa shape index (κ1) is 17.5. The average molecular weight is 336 g/mol. The fraction of sp³-hybridized carbons (Fsp3) is 0.438. The molecule has 0 saturated carbocycles. The molecule has 1 heterocycles. The number of anilines is 1. The van der Waals surface area contributed by atoms with Crippen molar-refractivity contribution < 1.29 is 9.18 Å². The lowest BCUT2D eigenvalue weighted by atomic mass is 10.1. The van der Waals surface area contributed by atoms with Crippen LogP contribution < -0.4 is 5.32 Å². The van der Waals surface area contributed by atoms with Crippen LogP contribution in [0, 0.1) is 12.7 Å². The van der Waals surface area contributed by atoms with Gasteiger partial charge in [-0.25, -0.2) is 4.39 Å². The molecular formula is C16H21FN4OS. The molecule has 2 rings (SSSR count). The molecule has 0 aliphatic heterocycles. The fourth-order valence-electron chi connectivity index (χ4n) is 2.00. The van der Waals surface area contributed by atoms with E-state index in [9.17, 15) is 9.18 Å². The SMILES string of the molecule is Cc1nnc(CN(CC(=O)Nc2ccc(F)cc2)C(C)(C)C)s1. The highest BCUT2D eigenvalue weighted by molar-refractivity contribution is 7.11. The van der Waals surface area contributed by atoms with Crippen molar-refractivity contribution in [3.05, 3.63) is 40.1 Å². The molecule has 0 saturated heterocycles. The molecule has 0 unspecified atom stereocenters. The predicted molar refractivity (Wildman–Crippen MR) is 89.8 cm³/mol. The van der Waals surface area contributed by atoms with Crippen molar-refractivity contribution in [3.8, 4) is 0 Å². The second-order valence-electron chi connectivity index (χ2n) is 6.30. The van der Waals surface area contributed by atoms with Gasteiger partial charge < -0.3 is 5.32 Å². The number of halogens is 1. The van der Waals surface area contributed by atoms with E-state index in [1.165, 1.54) is 23.5 Å². The molecule has 2 aromatic rings. The molecule has 0 bridgehead atoms. The summed E-state index contributed by atoms with van der Waals surface area (Å²) in [6.45, 7) is 8.83. The van der Waals surface area contributed by atoms with E-state index in [0.29, 0.717) is 12.2 Å². The molecule has 124 valence electrons. The third-order valence-corrected chi connectivity index (χ3v) is 4.13. The summed E-state index contributed by atoms with van der Waals surface area (Å²) in [7, 11) is 0. The van der Waals surface area contributed by atoms with Gasteiger partial charge in [0.2, 0.25) is 5.91 Å². The van der Waals surface area contributed by atoms with E-state index in [1.807, 2.05) is 32.6 Å². The van der Waals surface area contributed by atoms with E-state index in [1.54, 1.807) is 12.1 Å². The Morgan fingerprint density at radius 2 is 1.91 bits per heavy atom. The van der Waals surface area contributed by atoms with Gasteiger partial charge in [-0.3, -0.25) is 9.69 Å². The van der Waals surface area contributed by atoms with Crippen LogP contribution >= 0.6 is 11.3 Å². The number of aromatic nitrogens is 2. The summed E-state index contributed by atoms with van der Waals surface area (Å²) in [6, 6.07) is 5.73. The summed E-state index contributed by atoms with van der Waals surface area (Å²) < 4.78 is 12.9. The Labute approximate surface area is 139 Å². The standard InChI is InChI=1S/C16H21FN4OS/c1-11-19-20-15(23-11)10-21(16(2,3)4)9-14(22)18-13-7-5-12(17)6-8-13/h5-8H,9-10H2,1-4H3,(H,18,22). The Morgan fingerprint density at radius 3 is 2.43 bits per heavy atom. The number of benzene rings is 1. The van der Waals surface area contributed by atoms with Crippen LogP contribution in [0.15, 0.2) is 24.3 Å². The number of nitrogens with one attached hydrogen (secondary N) is 1. The van der Waals surface area contributed by atoms with Gasteiger partial charge in [0.05, 0.1) is 13.1 Å². The molecule has 1 amide bonds. The normalized spacial score (nSPS) is 11.7. The fourth-order valence-corrected chi connectivity index (χ4v) is 2.73. The molecule has 0 radical (unpaired) electrons. The first-order chi connectivity index (χ1) is 10.7. The van der Waals surface area contributed by atoms with Gasteiger partial charge in [0.25, 0.3) is 0 Å². The number of carbonyl (C=O) groups is 1. The highest BCUT2D eigenvalue weighted by Gasteiger charge is 2.25. The van der Waals surface area contributed by atoms with Crippen LogP contribution in [0.25, 0.3) is 0 Å². The molecular weight excluding hydrogens is 315 g/mol. The van der Waals surface area contributed by atoms with Crippen molar-refractivity contribution in [3.63, 3.8) is 0 Å². The second-order valence-corrected chi connectivity index (χ2v) is 7.56. The van der Waals surface area contributed by atoms with Crippen LogP contribution in [-0.2, 0) is 11.3 Å². The van der Waals surface area contributed by atoms with E-state index in [4.69, 9.17) is 0 Å². The van der Waals surface area contributed by atoms with Crippen molar-refractivity contribution >= 4 is 22.9 Å². The third kappa shape index (κ3) is 5.37. The predicted octanol–water partition coefficient (Wildman–Crippen LogP) is 3.22. The maximum absolute atomic E-state index is 12.9. The number of nitrogens with zero attached hydrogens (tertiary/aromatic N) is 3. The molecule has 23 heavy (non-hydrogen) atoms. The van der Waals surface area contributed by atoms with Crippen LogP contribution in [0.2, 0.25) is 0 Å². The van der Waals surface area contributed by atoms with Gasteiger partial charge in [-0.05, 0) is 52.0 Å². The van der Waals surface area contributed by atoms with Crippen LogP contribution in [-0.4, -0.2) is 33.1 Å². The molecule has 1 aromatic heterocycles. The molecule has 7 heteroatoms. The molecule has 1 aromatic carbocycles. The first-order valence-electron chi connectivity index (χ1n) is 7.33. The quantitative estimate of drug-likeness (QED) is 0.911. The minimum atomic E-state index is -0.328. The number of carbonyl (C=O) groups excluding carboxylic acids is 1. The van der Waals surface area contributed by atoms with Crippen molar-refractivity contribution in [2.24, 2.45) is 0 Å². The summed E-state index contributed by atoms with van der Waals surface area (Å²) in [6.07, 6.45) is 0. The Balaban J connectivity index is 2.02. The van der Waals surface area contributed by atoms with Crippen LogP contribution in [0.1, 0.15) is 30.8 Å². The van der Waals surface area contributed by atoms with E-state index in [0.717, 1.165) is 10.0 Å². The van der Waals surface area contributed by atoms with Gasteiger partial charge in [-0.2, -0.15) is 0 Å². The van der Waals surface area contributed by atoms with E-state index in [-0.39, 0.29) is 23.8 Å². The highest BCUT2D eigenvalue weighted by Crippen LogP contribution is 2.19. The van der Waals surface area contributed by atoms with Gasteiger partial charge >= 0.3 is 0 Å². The molecule has 0 atom stereocenters. The summed E-state index contributed by atoms with van der Waals surface area (Å²) in [5, 5.41) is 12.7. The van der Waals surface area contributed by atoms with Gasteiger partial charge in [0.1, 0.15) is 15.8 Å². The van der Waals surface area contributed by atoms with Gasteiger partial charge in [0.15, 0.2) is 0 Å². The third-order valence-electron chi connectivity index (χ3n) is 3.31. The lowest BCUT2D eigenvalue weighted by Gasteiger charge is -2.34. The van der Waals surface area contributed by atoms with E-state index < -0.39 is 0 Å².